The topological polar surface area (TPSA) is 127 Å². The fourth-order valence-corrected chi connectivity index (χ4v) is 4.87. The Bertz CT molecular complexity index is 1210. The Morgan fingerprint density at radius 1 is 1.09 bits per heavy atom. The molecule has 0 fully saturated rings. The maximum absolute atomic E-state index is 12.6. The monoisotopic (exact) mass is 495 g/mol. The predicted octanol–water partition coefficient (Wildman–Crippen LogP) is 4.11. The number of carboxylic acids is 1. The van der Waals surface area contributed by atoms with Crippen molar-refractivity contribution in [3.63, 3.8) is 0 Å². The summed E-state index contributed by atoms with van der Waals surface area (Å²) in [6.07, 6.45) is 0.709. The van der Waals surface area contributed by atoms with Crippen molar-refractivity contribution >= 4 is 34.4 Å². The van der Waals surface area contributed by atoms with Crippen LogP contribution in [0.25, 0.3) is 11.1 Å². The molecule has 1 aromatic heterocycles. The van der Waals surface area contributed by atoms with Crippen LogP contribution in [0.3, 0.4) is 0 Å². The van der Waals surface area contributed by atoms with Crippen LogP contribution in [-0.4, -0.2) is 53.9 Å². The molecule has 35 heavy (non-hydrogen) atoms. The number of nitrogens with one attached hydrogen (secondary N) is 2. The Hall–Kier alpha value is -3.76. The molecule has 3 N–H and O–H groups in total. The Morgan fingerprint density at radius 2 is 1.71 bits per heavy atom. The number of carbonyl (C=O) groups is 3. The molecule has 1 heterocycles. The zero-order valence-corrected chi connectivity index (χ0v) is 20.1. The maximum Gasteiger partial charge on any atom is 0.413 e. The molecule has 4 rings (SSSR count). The van der Waals surface area contributed by atoms with Crippen molar-refractivity contribution in [2.24, 2.45) is 0 Å². The van der Waals surface area contributed by atoms with Gasteiger partial charge in [0.1, 0.15) is 11.5 Å². The summed E-state index contributed by atoms with van der Waals surface area (Å²) in [7, 11) is 1.36. The second kappa shape index (κ2) is 10.2. The summed E-state index contributed by atoms with van der Waals surface area (Å²) in [4.78, 5) is 41.0. The first-order valence-corrected chi connectivity index (χ1v) is 11.8. The Morgan fingerprint density at radius 3 is 2.29 bits per heavy atom. The van der Waals surface area contributed by atoms with Gasteiger partial charge in [0.25, 0.3) is 5.91 Å². The van der Waals surface area contributed by atoms with Gasteiger partial charge in [-0.25, -0.2) is 14.6 Å². The number of amides is 2. The number of anilines is 1. The number of aliphatic carboxylic acids is 1. The van der Waals surface area contributed by atoms with E-state index in [0.717, 1.165) is 33.6 Å². The molecule has 9 nitrogen and oxygen atoms in total. The van der Waals surface area contributed by atoms with Crippen LogP contribution < -0.4 is 10.6 Å². The molecule has 1 aliphatic rings. The van der Waals surface area contributed by atoms with Crippen LogP contribution in [0.15, 0.2) is 54.7 Å². The van der Waals surface area contributed by atoms with E-state index in [9.17, 15) is 19.5 Å². The lowest BCUT2D eigenvalue weighted by atomic mass is 9.97. The highest BCUT2D eigenvalue weighted by Crippen LogP contribution is 2.44. The number of carboxylic acid groups (broad SMARTS) is 1. The molecular weight excluding hydrogens is 470 g/mol. The molecule has 0 saturated heterocycles. The molecule has 182 valence electrons. The van der Waals surface area contributed by atoms with E-state index in [2.05, 4.69) is 27.8 Å². The molecule has 0 bridgehead atoms. The Labute approximate surface area is 206 Å². The molecular formula is C25H25N3O6S. The van der Waals surface area contributed by atoms with Gasteiger partial charge in [-0.1, -0.05) is 66.8 Å². The number of fused-ring (bicyclic) bond motifs is 3. The number of nitrogens with zero attached hydrogens (tertiary/aromatic N) is 1. The molecule has 2 amide bonds. The van der Waals surface area contributed by atoms with Gasteiger partial charge in [0.15, 0.2) is 10.7 Å². The van der Waals surface area contributed by atoms with Gasteiger partial charge in [0, 0.05) is 13.0 Å². The quantitative estimate of drug-likeness (QED) is 0.408. The van der Waals surface area contributed by atoms with Crippen molar-refractivity contribution in [1.29, 1.82) is 0 Å². The largest absolute Gasteiger partial charge is 0.479 e. The predicted molar refractivity (Wildman–Crippen MR) is 131 cm³/mol. The minimum Gasteiger partial charge on any atom is -0.479 e. The summed E-state index contributed by atoms with van der Waals surface area (Å²) < 4.78 is 10.5. The summed E-state index contributed by atoms with van der Waals surface area (Å²) in [5, 5.41) is 14.8. The molecule has 0 saturated carbocycles. The van der Waals surface area contributed by atoms with Crippen LogP contribution in [0.1, 0.15) is 40.1 Å². The van der Waals surface area contributed by atoms with Gasteiger partial charge in [0.2, 0.25) is 0 Å². The van der Waals surface area contributed by atoms with E-state index < -0.39 is 23.5 Å². The van der Waals surface area contributed by atoms with Crippen molar-refractivity contribution in [2.45, 2.75) is 24.8 Å². The van der Waals surface area contributed by atoms with Gasteiger partial charge < -0.3 is 19.9 Å². The Kier molecular flexibility index (Phi) is 7.13. The minimum atomic E-state index is -1.56. The van der Waals surface area contributed by atoms with Crippen molar-refractivity contribution in [3.8, 4) is 11.1 Å². The van der Waals surface area contributed by atoms with E-state index in [1.807, 2.05) is 36.4 Å². The second-order valence-electron chi connectivity index (χ2n) is 8.11. The van der Waals surface area contributed by atoms with Gasteiger partial charge in [-0.2, -0.15) is 0 Å². The van der Waals surface area contributed by atoms with Gasteiger partial charge in [0.05, 0.1) is 12.8 Å². The third-order valence-corrected chi connectivity index (χ3v) is 6.95. The summed E-state index contributed by atoms with van der Waals surface area (Å²) in [5.41, 5.74) is 2.90. The zero-order valence-electron chi connectivity index (χ0n) is 19.2. The lowest BCUT2D eigenvalue weighted by molar-refractivity contribution is -0.147. The average molecular weight is 496 g/mol. The minimum absolute atomic E-state index is 0.0789. The molecule has 0 spiro atoms. The molecule has 1 unspecified atom stereocenters. The lowest BCUT2D eigenvalue weighted by Crippen LogP contribution is -2.57. The first-order valence-electron chi connectivity index (χ1n) is 11.0. The van der Waals surface area contributed by atoms with E-state index in [0.29, 0.717) is 0 Å². The highest BCUT2D eigenvalue weighted by Gasteiger charge is 2.39. The summed E-state index contributed by atoms with van der Waals surface area (Å²) in [6.45, 7) is 1.60. The summed E-state index contributed by atoms with van der Waals surface area (Å²) in [5.74, 6) is -1.90. The number of hydrogen-bond acceptors (Lipinski definition) is 7. The molecule has 1 aliphatic carbocycles. The maximum atomic E-state index is 12.6. The van der Waals surface area contributed by atoms with Crippen LogP contribution in [0.2, 0.25) is 0 Å². The Balaban J connectivity index is 1.39. The van der Waals surface area contributed by atoms with Gasteiger partial charge >= 0.3 is 12.1 Å². The average Bonchev–Trinajstić information content (AvgIpc) is 3.45. The molecule has 0 radical (unpaired) electrons. The second-order valence-corrected chi connectivity index (χ2v) is 9.14. The number of aromatic nitrogens is 1. The van der Waals surface area contributed by atoms with Crippen molar-refractivity contribution in [3.05, 3.63) is 70.7 Å². The van der Waals surface area contributed by atoms with Crippen LogP contribution in [0.4, 0.5) is 9.93 Å². The smallest absolute Gasteiger partial charge is 0.413 e. The van der Waals surface area contributed by atoms with Crippen molar-refractivity contribution in [1.82, 2.24) is 10.3 Å². The van der Waals surface area contributed by atoms with E-state index in [1.165, 1.54) is 13.3 Å². The first kappa shape index (κ1) is 24.4. The third-order valence-electron chi connectivity index (χ3n) is 6.04. The SMILES string of the molecule is CCC(COC)(NC(=O)c1cnc(NC(=O)OCC2c3ccccc3-c3ccccc32)s1)C(=O)O. The first-order chi connectivity index (χ1) is 16.9. The lowest BCUT2D eigenvalue weighted by Gasteiger charge is -2.28. The van der Waals surface area contributed by atoms with Gasteiger partial charge in [-0.05, 0) is 28.7 Å². The number of thiazole rings is 1. The van der Waals surface area contributed by atoms with Gasteiger partial charge in [-0.3, -0.25) is 10.1 Å². The molecule has 3 aromatic rings. The zero-order chi connectivity index (χ0) is 25.0. The number of methoxy groups -OCH3 is 1. The normalized spacial score (nSPS) is 13.9. The number of ether oxygens (including phenoxy) is 2. The molecule has 1 atom stereocenters. The van der Waals surface area contributed by atoms with Crippen molar-refractivity contribution in [2.75, 3.05) is 25.6 Å². The summed E-state index contributed by atoms with van der Waals surface area (Å²) in [6, 6.07) is 16.1. The van der Waals surface area contributed by atoms with E-state index >= 15 is 0 Å². The third kappa shape index (κ3) is 4.89. The van der Waals surface area contributed by atoms with E-state index in [-0.39, 0.29) is 35.6 Å². The number of hydrogen-bond donors (Lipinski definition) is 3. The van der Waals surface area contributed by atoms with Crippen LogP contribution in [0, 0.1) is 0 Å². The number of carbonyl (C=O) groups excluding carboxylic acids is 2. The number of rotatable bonds is 9. The van der Waals surface area contributed by atoms with Crippen LogP contribution >= 0.6 is 11.3 Å². The molecule has 0 aliphatic heterocycles. The van der Waals surface area contributed by atoms with Gasteiger partial charge in [-0.15, -0.1) is 0 Å². The molecule has 2 aromatic carbocycles. The van der Waals surface area contributed by atoms with E-state index in [1.54, 1.807) is 6.92 Å². The van der Waals surface area contributed by atoms with Crippen LogP contribution in [-0.2, 0) is 14.3 Å². The summed E-state index contributed by atoms with van der Waals surface area (Å²) >= 11 is 0.917. The van der Waals surface area contributed by atoms with Crippen LogP contribution in [0.5, 0.6) is 0 Å². The fourth-order valence-electron chi connectivity index (χ4n) is 4.18. The highest BCUT2D eigenvalue weighted by molar-refractivity contribution is 7.17. The fraction of sp³-hybridized carbons (Fsp3) is 0.280. The molecule has 10 heteroatoms. The number of benzene rings is 2. The van der Waals surface area contributed by atoms with E-state index in [4.69, 9.17) is 9.47 Å². The standard InChI is InChI=1S/C25H25N3O6S/c1-3-25(14-33-2,22(30)31)28-21(29)20-12-26-23(35-20)27-24(32)34-13-19-17-10-6-4-8-15(17)16-9-5-7-11-18(16)19/h4-12,19H,3,13-14H2,1-2H3,(H,28,29)(H,30,31)(H,26,27,32). The highest BCUT2D eigenvalue weighted by atomic mass is 32.1. The van der Waals surface area contributed by atoms with Crippen molar-refractivity contribution < 1.29 is 29.0 Å².